The van der Waals surface area contributed by atoms with Crippen molar-refractivity contribution in [2.75, 3.05) is 20.2 Å². The summed E-state index contributed by atoms with van der Waals surface area (Å²) in [5.41, 5.74) is 2.40. The van der Waals surface area contributed by atoms with Crippen LogP contribution in [-0.4, -0.2) is 31.0 Å². The normalized spacial score (nSPS) is 10.6. The highest BCUT2D eigenvalue weighted by atomic mass is 16.5. The van der Waals surface area contributed by atoms with Crippen LogP contribution in [0.4, 0.5) is 0 Å². The van der Waals surface area contributed by atoms with Crippen LogP contribution in [0.3, 0.4) is 0 Å². The van der Waals surface area contributed by atoms with E-state index >= 15 is 0 Å². The Bertz CT molecular complexity index is 413. The second kappa shape index (κ2) is 6.43. The topological polar surface area (TPSA) is 29.5 Å². The lowest BCUT2D eigenvalue weighted by molar-refractivity contribution is -0.132. The van der Waals surface area contributed by atoms with Crippen LogP contribution in [-0.2, 0) is 4.79 Å². The van der Waals surface area contributed by atoms with Gasteiger partial charge in [0.1, 0.15) is 5.75 Å². The fourth-order valence-corrected chi connectivity index (χ4v) is 1.71. The van der Waals surface area contributed by atoms with Crippen LogP contribution in [0.15, 0.2) is 18.2 Å². The van der Waals surface area contributed by atoms with Gasteiger partial charge in [-0.05, 0) is 43.0 Å². The monoisotopic (exact) mass is 249 g/mol. The third-order valence-corrected chi connectivity index (χ3v) is 2.91. The lowest BCUT2D eigenvalue weighted by Crippen LogP contribution is -2.34. The Kier molecular flexibility index (Phi) is 5.20. The maximum absolute atomic E-state index is 11.8. The van der Waals surface area contributed by atoms with Crippen molar-refractivity contribution in [2.24, 2.45) is 5.92 Å². The molecule has 0 atom stereocenters. The van der Waals surface area contributed by atoms with E-state index in [9.17, 15) is 4.79 Å². The Morgan fingerprint density at radius 2 is 1.94 bits per heavy atom. The molecule has 1 aromatic carbocycles. The standard InChI is InChI=1S/C15H23NO2/c1-11(2)9-16(5)15(17)10-18-14-7-6-12(3)13(4)8-14/h6-8,11H,9-10H2,1-5H3. The van der Waals surface area contributed by atoms with Crippen molar-refractivity contribution in [3.8, 4) is 5.75 Å². The van der Waals surface area contributed by atoms with Crippen molar-refractivity contribution in [3.63, 3.8) is 0 Å². The van der Waals surface area contributed by atoms with E-state index in [0.29, 0.717) is 5.92 Å². The molecule has 3 nitrogen and oxygen atoms in total. The van der Waals surface area contributed by atoms with Gasteiger partial charge in [0.15, 0.2) is 6.61 Å². The van der Waals surface area contributed by atoms with E-state index < -0.39 is 0 Å². The Balaban J connectivity index is 2.49. The summed E-state index contributed by atoms with van der Waals surface area (Å²) >= 11 is 0. The van der Waals surface area contributed by atoms with Gasteiger partial charge in [-0.15, -0.1) is 0 Å². The number of ether oxygens (including phenoxy) is 1. The molecule has 0 aliphatic heterocycles. The minimum atomic E-state index is 0.0157. The van der Waals surface area contributed by atoms with Gasteiger partial charge < -0.3 is 9.64 Å². The fourth-order valence-electron chi connectivity index (χ4n) is 1.71. The number of carbonyl (C=O) groups is 1. The molecule has 0 spiro atoms. The van der Waals surface area contributed by atoms with E-state index in [1.165, 1.54) is 11.1 Å². The number of carbonyl (C=O) groups excluding carboxylic acids is 1. The molecule has 1 amide bonds. The number of hydrogen-bond donors (Lipinski definition) is 0. The van der Waals surface area contributed by atoms with Crippen LogP contribution in [0.2, 0.25) is 0 Å². The molecule has 0 heterocycles. The van der Waals surface area contributed by atoms with E-state index in [-0.39, 0.29) is 12.5 Å². The molecule has 100 valence electrons. The lowest BCUT2D eigenvalue weighted by atomic mass is 10.1. The smallest absolute Gasteiger partial charge is 0.260 e. The number of aryl methyl sites for hydroxylation is 2. The number of benzene rings is 1. The number of likely N-dealkylation sites (N-methyl/N-ethyl adjacent to an activating group) is 1. The molecule has 0 aliphatic rings. The zero-order valence-electron chi connectivity index (χ0n) is 12.0. The molecule has 3 heteroatoms. The predicted octanol–water partition coefficient (Wildman–Crippen LogP) is 2.80. The molecule has 0 fully saturated rings. The van der Waals surface area contributed by atoms with Gasteiger partial charge >= 0.3 is 0 Å². The molecular weight excluding hydrogens is 226 g/mol. The van der Waals surface area contributed by atoms with E-state index in [1.54, 1.807) is 4.90 Å². The summed E-state index contributed by atoms with van der Waals surface area (Å²) in [6, 6.07) is 5.87. The van der Waals surface area contributed by atoms with E-state index in [0.717, 1.165) is 12.3 Å². The van der Waals surface area contributed by atoms with Gasteiger partial charge in [-0.3, -0.25) is 4.79 Å². The van der Waals surface area contributed by atoms with Gasteiger partial charge in [0.2, 0.25) is 0 Å². The van der Waals surface area contributed by atoms with Crippen LogP contribution in [0.1, 0.15) is 25.0 Å². The average molecular weight is 249 g/mol. The third kappa shape index (κ3) is 4.40. The Morgan fingerprint density at radius 1 is 1.28 bits per heavy atom. The number of rotatable bonds is 5. The summed E-state index contributed by atoms with van der Waals surface area (Å²) in [7, 11) is 1.81. The van der Waals surface area contributed by atoms with Crippen molar-refractivity contribution >= 4 is 5.91 Å². The van der Waals surface area contributed by atoms with Crippen molar-refractivity contribution in [1.82, 2.24) is 4.90 Å². The Hall–Kier alpha value is -1.51. The molecule has 0 saturated heterocycles. The molecule has 0 saturated carbocycles. The first kappa shape index (κ1) is 14.6. The van der Waals surface area contributed by atoms with Crippen LogP contribution >= 0.6 is 0 Å². The van der Waals surface area contributed by atoms with Crippen molar-refractivity contribution in [2.45, 2.75) is 27.7 Å². The van der Waals surface area contributed by atoms with Crippen LogP contribution in [0, 0.1) is 19.8 Å². The Morgan fingerprint density at radius 3 is 2.50 bits per heavy atom. The van der Waals surface area contributed by atoms with E-state index in [2.05, 4.69) is 20.8 Å². The Labute approximate surface area is 110 Å². The number of amides is 1. The maximum atomic E-state index is 11.8. The highest BCUT2D eigenvalue weighted by Gasteiger charge is 2.10. The average Bonchev–Trinajstić information content (AvgIpc) is 2.29. The molecule has 0 aliphatic carbocycles. The first-order chi connectivity index (χ1) is 8.40. The van der Waals surface area contributed by atoms with Gasteiger partial charge in [-0.2, -0.15) is 0 Å². The summed E-state index contributed by atoms with van der Waals surface area (Å²) in [6.07, 6.45) is 0. The van der Waals surface area contributed by atoms with Crippen molar-refractivity contribution < 1.29 is 9.53 Å². The third-order valence-electron chi connectivity index (χ3n) is 2.91. The molecule has 1 rings (SSSR count). The second-order valence-electron chi connectivity index (χ2n) is 5.20. The second-order valence-corrected chi connectivity index (χ2v) is 5.20. The van der Waals surface area contributed by atoms with E-state index in [1.807, 2.05) is 32.2 Å². The molecule has 1 aromatic rings. The fraction of sp³-hybridized carbons (Fsp3) is 0.533. The summed E-state index contributed by atoms with van der Waals surface area (Å²) < 4.78 is 5.52. The quantitative estimate of drug-likeness (QED) is 0.803. The highest BCUT2D eigenvalue weighted by molar-refractivity contribution is 5.77. The predicted molar refractivity (Wildman–Crippen MR) is 73.9 cm³/mol. The molecule has 0 N–H and O–H groups in total. The van der Waals surface area contributed by atoms with Crippen molar-refractivity contribution in [1.29, 1.82) is 0 Å². The van der Waals surface area contributed by atoms with Gasteiger partial charge in [-0.1, -0.05) is 19.9 Å². The number of hydrogen-bond acceptors (Lipinski definition) is 2. The zero-order valence-corrected chi connectivity index (χ0v) is 12.0. The highest BCUT2D eigenvalue weighted by Crippen LogP contribution is 2.16. The van der Waals surface area contributed by atoms with Gasteiger partial charge in [0.05, 0.1) is 0 Å². The van der Waals surface area contributed by atoms with Crippen LogP contribution in [0.5, 0.6) is 5.75 Å². The minimum Gasteiger partial charge on any atom is -0.484 e. The van der Waals surface area contributed by atoms with Crippen LogP contribution in [0.25, 0.3) is 0 Å². The SMILES string of the molecule is Cc1ccc(OCC(=O)N(C)CC(C)C)cc1C. The summed E-state index contributed by atoms with van der Waals surface area (Å²) in [5.74, 6) is 1.24. The molecule has 0 radical (unpaired) electrons. The lowest BCUT2D eigenvalue weighted by Gasteiger charge is -2.19. The largest absolute Gasteiger partial charge is 0.484 e. The zero-order chi connectivity index (χ0) is 13.7. The van der Waals surface area contributed by atoms with Crippen molar-refractivity contribution in [3.05, 3.63) is 29.3 Å². The van der Waals surface area contributed by atoms with Crippen LogP contribution < -0.4 is 4.74 Å². The first-order valence-electron chi connectivity index (χ1n) is 6.34. The van der Waals surface area contributed by atoms with E-state index in [4.69, 9.17) is 4.74 Å². The molecule has 0 unspecified atom stereocenters. The minimum absolute atomic E-state index is 0.0157. The van der Waals surface area contributed by atoms with Gasteiger partial charge in [0.25, 0.3) is 5.91 Å². The maximum Gasteiger partial charge on any atom is 0.260 e. The first-order valence-corrected chi connectivity index (χ1v) is 6.34. The summed E-state index contributed by atoms with van der Waals surface area (Å²) in [6.45, 7) is 9.14. The molecule has 0 aromatic heterocycles. The van der Waals surface area contributed by atoms with Gasteiger partial charge in [0, 0.05) is 13.6 Å². The molecule has 0 bridgehead atoms. The molecule has 18 heavy (non-hydrogen) atoms. The van der Waals surface area contributed by atoms with Gasteiger partial charge in [-0.25, -0.2) is 0 Å². The number of nitrogens with zero attached hydrogens (tertiary/aromatic N) is 1. The summed E-state index contributed by atoms with van der Waals surface area (Å²) in [4.78, 5) is 13.5. The molecular formula is C15H23NO2. The summed E-state index contributed by atoms with van der Waals surface area (Å²) in [5, 5.41) is 0.